The van der Waals surface area contributed by atoms with Gasteiger partial charge in [-0.1, -0.05) is 0 Å². The van der Waals surface area contributed by atoms with E-state index in [1.165, 1.54) is 23.6 Å². The second kappa shape index (κ2) is 6.78. The van der Waals surface area contributed by atoms with Crippen LogP contribution in [-0.2, 0) is 14.4 Å². The van der Waals surface area contributed by atoms with Crippen molar-refractivity contribution in [2.75, 3.05) is 12.3 Å². The molecule has 19 heavy (non-hydrogen) atoms. The Bertz CT molecular complexity index is 452. The molecule has 6 nitrogen and oxygen atoms in total. The molecule has 0 spiro atoms. The summed E-state index contributed by atoms with van der Waals surface area (Å²) in [6, 6.07) is -0.00586. The van der Waals surface area contributed by atoms with Gasteiger partial charge in [0.05, 0.1) is 17.7 Å². The number of nitrogens with zero attached hydrogens (tertiary/aromatic N) is 1. The molecule has 0 aliphatic carbocycles. The predicted molar refractivity (Wildman–Crippen MR) is 63.0 cm³/mol. The van der Waals surface area contributed by atoms with Crippen LogP contribution >= 0.6 is 11.8 Å². The summed E-state index contributed by atoms with van der Waals surface area (Å²) in [5, 5.41) is 13.7. The fraction of sp³-hybridized carbons (Fsp3) is 0.545. The van der Waals surface area contributed by atoms with E-state index in [4.69, 9.17) is 0 Å². The Morgan fingerprint density at radius 2 is 2.16 bits per heavy atom. The Balaban J connectivity index is 0.00000180. The molecule has 8 heteroatoms. The van der Waals surface area contributed by atoms with E-state index in [1.54, 1.807) is 0 Å². The minimum Gasteiger partial charge on any atom is -0.543 e. The molecule has 0 aromatic rings. The first kappa shape index (κ1) is 16.6. The summed E-state index contributed by atoms with van der Waals surface area (Å²) in [4.78, 5) is 35.0. The number of hydrogen-bond acceptors (Lipinski definition) is 5. The molecule has 2 rings (SSSR count). The van der Waals surface area contributed by atoms with Crippen molar-refractivity contribution >= 4 is 29.5 Å². The maximum Gasteiger partial charge on any atom is 1.00 e. The summed E-state index contributed by atoms with van der Waals surface area (Å²) in [6.45, 7) is 1.90. The molecule has 2 aliphatic rings. The van der Waals surface area contributed by atoms with Gasteiger partial charge in [-0.3, -0.25) is 9.59 Å². The third kappa shape index (κ3) is 3.53. The zero-order valence-corrected chi connectivity index (χ0v) is 13.7. The average Bonchev–Trinajstić information content (AvgIpc) is 2.57. The second-order valence-corrected chi connectivity index (χ2v) is 5.41. The number of carboxylic acids is 1. The monoisotopic (exact) mass is 292 g/mol. The van der Waals surface area contributed by atoms with E-state index < -0.39 is 5.97 Å². The van der Waals surface area contributed by atoms with Crippen molar-refractivity contribution in [2.45, 2.75) is 25.8 Å². The second-order valence-electron chi connectivity index (χ2n) is 4.22. The van der Waals surface area contributed by atoms with Crippen molar-refractivity contribution in [1.29, 1.82) is 0 Å². The molecule has 98 valence electrons. The molecular weight excluding hydrogens is 279 g/mol. The fourth-order valence-corrected chi connectivity index (χ4v) is 3.22. The number of amides is 2. The molecule has 2 heterocycles. The SMILES string of the molecule is CC(=O)NCCSC1=C(C(=O)[O-])N2C(=O)CC2C1.[Na+]. The van der Waals surface area contributed by atoms with Crippen molar-refractivity contribution in [3.05, 3.63) is 10.6 Å². The first-order chi connectivity index (χ1) is 8.50. The largest absolute Gasteiger partial charge is 1.00 e. The predicted octanol–water partition coefficient (Wildman–Crippen LogP) is -4.17. The third-order valence-electron chi connectivity index (χ3n) is 2.92. The van der Waals surface area contributed by atoms with E-state index >= 15 is 0 Å². The number of thioether (sulfide) groups is 1. The first-order valence-electron chi connectivity index (χ1n) is 5.64. The molecule has 2 aliphatic heterocycles. The number of hydrogen-bond donors (Lipinski definition) is 1. The van der Waals surface area contributed by atoms with Crippen LogP contribution in [0.2, 0.25) is 0 Å². The van der Waals surface area contributed by atoms with Gasteiger partial charge in [0.25, 0.3) is 0 Å². The van der Waals surface area contributed by atoms with E-state index in [2.05, 4.69) is 5.32 Å². The van der Waals surface area contributed by atoms with E-state index in [1.807, 2.05) is 0 Å². The number of aliphatic carboxylic acids is 1. The molecule has 0 aromatic heterocycles. The van der Waals surface area contributed by atoms with E-state index in [0.29, 0.717) is 30.0 Å². The Kier molecular flexibility index (Phi) is 5.91. The van der Waals surface area contributed by atoms with Crippen LogP contribution in [0.5, 0.6) is 0 Å². The number of nitrogens with one attached hydrogen (secondary N) is 1. The number of carbonyl (C=O) groups is 3. The van der Waals surface area contributed by atoms with Gasteiger partial charge in [0, 0.05) is 37.0 Å². The number of carbonyl (C=O) groups excluding carboxylic acids is 3. The van der Waals surface area contributed by atoms with Gasteiger partial charge in [-0.05, 0) is 0 Å². The van der Waals surface area contributed by atoms with Crippen LogP contribution in [0.1, 0.15) is 19.8 Å². The number of carboxylic acid groups (broad SMARTS) is 1. The van der Waals surface area contributed by atoms with Gasteiger partial charge in [-0.25, -0.2) is 0 Å². The maximum absolute atomic E-state index is 11.3. The average molecular weight is 292 g/mol. The molecular formula is C11H13N2NaO4S. The Morgan fingerprint density at radius 3 is 2.68 bits per heavy atom. The number of β-lactam (4-membered cyclic amide) rings is 1. The topological polar surface area (TPSA) is 89.5 Å². The maximum atomic E-state index is 11.3. The summed E-state index contributed by atoms with van der Waals surface area (Å²) in [7, 11) is 0. The minimum atomic E-state index is -1.30. The van der Waals surface area contributed by atoms with Crippen LogP contribution in [0.15, 0.2) is 10.6 Å². The Labute approximate surface area is 137 Å². The van der Waals surface area contributed by atoms with E-state index in [9.17, 15) is 19.5 Å². The molecule has 1 unspecified atom stereocenters. The van der Waals surface area contributed by atoms with Gasteiger partial charge in [0.15, 0.2) is 0 Å². The van der Waals surface area contributed by atoms with Crippen LogP contribution in [0.25, 0.3) is 0 Å². The van der Waals surface area contributed by atoms with Gasteiger partial charge in [0.1, 0.15) is 0 Å². The molecule has 1 saturated heterocycles. The summed E-state index contributed by atoms with van der Waals surface area (Å²) >= 11 is 1.36. The van der Waals surface area contributed by atoms with Crippen LogP contribution in [-0.4, -0.2) is 41.0 Å². The van der Waals surface area contributed by atoms with Gasteiger partial charge >= 0.3 is 29.6 Å². The van der Waals surface area contributed by atoms with Crippen molar-refractivity contribution < 1.29 is 49.0 Å². The summed E-state index contributed by atoms with van der Waals surface area (Å²) in [5.41, 5.74) is 0.0177. The van der Waals surface area contributed by atoms with Gasteiger partial charge in [-0.15, -0.1) is 11.8 Å². The van der Waals surface area contributed by atoms with Crippen LogP contribution in [0, 0.1) is 0 Å². The third-order valence-corrected chi connectivity index (χ3v) is 4.03. The smallest absolute Gasteiger partial charge is 0.543 e. The molecule has 1 N–H and O–H groups in total. The molecule has 0 bridgehead atoms. The molecule has 2 amide bonds. The zero-order chi connectivity index (χ0) is 13.3. The Morgan fingerprint density at radius 1 is 1.47 bits per heavy atom. The van der Waals surface area contributed by atoms with Crippen molar-refractivity contribution in [3.63, 3.8) is 0 Å². The van der Waals surface area contributed by atoms with Gasteiger partial charge in [-0.2, -0.15) is 0 Å². The van der Waals surface area contributed by atoms with Crippen molar-refractivity contribution in [1.82, 2.24) is 10.2 Å². The zero-order valence-electron chi connectivity index (χ0n) is 10.9. The summed E-state index contributed by atoms with van der Waals surface area (Å²) < 4.78 is 0. The molecule has 1 fully saturated rings. The summed E-state index contributed by atoms with van der Waals surface area (Å²) in [5.74, 6) is -0.986. The Hall–Kier alpha value is -0.500. The van der Waals surface area contributed by atoms with Crippen molar-refractivity contribution in [3.8, 4) is 0 Å². The normalized spacial score (nSPS) is 20.6. The van der Waals surface area contributed by atoms with E-state index in [-0.39, 0.29) is 53.1 Å². The molecule has 1 atom stereocenters. The fourth-order valence-electron chi connectivity index (χ4n) is 2.14. The van der Waals surface area contributed by atoms with Gasteiger partial charge < -0.3 is 20.1 Å². The number of rotatable bonds is 5. The standard InChI is InChI=1S/C11H14N2O4S.Na/c1-6(14)12-2-3-18-8-4-7-5-9(15)13(7)10(8)11(16)17;/h7H,2-5H2,1H3,(H,12,14)(H,16,17);/q;+1/p-1. The van der Waals surface area contributed by atoms with Crippen molar-refractivity contribution in [2.24, 2.45) is 0 Å². The first-order valence-corrected chi connectivity index (χ1v) is 6.63. The number of fused-ring (bicyclic) bond motifs is 1. The van der Waals surface area contributed by atoms with Crippen LogP contribution in [0.3, 0.4) is 0 Å². The van der Waals surface area contributed by atoms with Crippen LogP contribution in [0.4, 0.5) is 0 Å². The summed E-state index contributed by atoms with van der Waals surface area (Å²) in [6.07, 6.45) is 0.992. The quantitative estimate of drug-likeness (QED) is 0.315. The molecule has 0 saturated carbocycles. The van der Waals surface area contributed by atoms with Crippen LogP contribution < -0.4 is 40.0 Å². The van der Waals surface area contributed by atoms with E-state index in [0.717, 1.165) is 0 Å². The molecule has 0 radical (unpaired) electrons. The minimum absolute atomic E-state index is 0. The molecule has 0 aromatic carbocycles. The van der Waals surface area contributed by atoms with Gasteiger partial charge in [0.2, 0.25) is 11.8 Å².